The molecule has 4 N–H and O–H groups in total. The fraction of sp³-hybridized carbons (Fsp3) is 0.467. The maximum absolute atomic E-state index is 9.63. The van der Waals surface area contributed by atoms with Gasteiger partial charge in [0.2, 0.25) is 0 Å². The topological polar surface area (TPSA) is 84.1 Å². The average Bonchev–Trinajstić information content (AvgIpc) is 2.94. The molecular weight excluding hydrogens is 252 g/mol. The predicted molar refractivity (Wildman–Crippen MR) is 80.4 cm³/mol. The zero-order chi connectivity index (χ0) is 14.0. The Balaban J connectivity index is 1.81. The van der Waals surface area contributed by atoms with Gasteiger partial charge in [-0.25, -0.2) is 9.97 Å². The highest BCUT2D eigenvalue weighted by Gasteiger charge is 2.33. The molecule has 1 saturated carbocycles. The van der Waals surface area contributed by atoms with E-state index in [0.29, 0.717) is 18.2 Å². The Kier molecular flexibility index (Phi) is 3.44. The number of para-hydroxylation sites is 2. The largest absolute Gasteiger partial charge is 0.396 e. The lowest BCUT2D eigenvalue weighted by Gasteiger charge is -2.27. The molecule has 0 amide bonds. The second-order valence-corrected chi connectivity index (χ2v) is 5.66. The fourth-order valence-electron chi connectivity index (χ4n) is 2.93. The average molecular weight is 272 g/mol. The van der Waals surface area contributed by atoms with Crippen molar-refractivity contribution in [1.29, 1.82) is 0 Å². The summed E-state index contributed by atoms with van der Waals surface area (Å²) in [5.74, 6) is 1.03. The van der Waals surface area contributed by atoms with E-state index in [1.807, 2.05) is 24.3 Å². The zero-order valence-corrected chi connectivity index (χ0v) is 11.5. The first-order valence-electron chi connectivity index (χ1n) is 7.09. The Morgan fingerprint density at radius 2 is 1.80 bits per heavy atom. The van der Waals surface area contributed by atoms with Crippen LogP contribution in [-0.4, -0.2) is 28.2 Å². The predicted octanol–water partition coefficient (Wildman–Crippen LogP) is 2.18. The minimum atomic E-state index is -0.0280. The van der Waals surface area contributed by atoms with Gasteiger partial charge in [0.15, 0.2) is 11.6 Å². The van der Waals surface area contributed by atoms with Gasteiger partial charge in [0.25, 0.3) is 0 Å². The van der Waals surface area contributed by atoms with Gasteiger partial charge in [-0.1, -0.05) is 25.0 Å². The van der Waals surface area contributed by atoms with Crippen LogP contribution in [0.5, 0.6) is 0 Å². The summed E-state index contributed by atoms with van der Waals surface area (Å²) in [5, 5.41) is 12.9. The van der Waals surface area contributed by atoms with Crippen molar-refractivity contribution in [2.75, 3.05) is 24.2 Å². The number of nitrogens with two attached hydrogens (primary N) is 1. The first-order chi connectivity index (χ1) is 9.72. The Labute approximate surface area is 118 Å². The summed E-state index contributed by atoms with van der Waals surface area (Å²) >= 11 is 0. The van der Waals surface area contributed by atoms with Gasteiger partial charge in [-0.2, -0.15) is 0 Å². The lowest BCUT2D eigenvalue weighted by atomic mass is 9.87. The number of nitrogens with zero attached hydrogens (tertiary/aromatic N) is 2. The standard InChI is InChI=1S/C15H20N4O/c16-13-14(17-9-15(10-20)7-3-4-8-15)19-12-6-2-1-5-11(12)18-13/h1-2,5-6,20H,3-4,7-10H2,(H2,16,18)(H,17,19). The summed E-state index contributed by atoms with van der Waals surface area (Å²) in [6.45, 7) is 0.904. The molecule has 106 valence electrons. The molecule has 0 atom stereocenters. The molecule has 0 saturated heterocycles. The Morgan fingerprint density at radius 1 is 1.15 bits per heavy atom. The third-order valence-corrected chi connectivity index (χ3v) is 4.23. The summed E-state index contributed by atoms with van der Waals surface area (Å²) in [4.78, 5) is 8.88. The van der Waals surface area contributed by atoms with Crippen LogP contribution in [-0.2, 0) is 0 Å². The number of fused-ring (bicyclic) bond motifs is 1. The quantitative estimate of drug-likeness (QED) is 0.794. The normalized spacial score (nSPS) is 17.4. The van der Waals surface area contributed by atoms with Crippen molar-refractivity contribution in [2.45, 2.75) is 25.7 Å². The van der Waals surface area contributed by atoms with Crippen molar-refractivity contribution in [3.8, 4) is 0 Å². The molecule has 0 radical (unpaired) electrons. The molecule has 5 heteroatoms. The number of hydrogen-bond donors (Lipinski definition) is 3. The molecule has 0 aliphatic heterocycles. The van der Waals surface area contributed by atoms with Crippen LogP contribution in [0.3, 0.4) is 0 Å². The van der Waals surface area contributed by atoms with Crippen molar-refractivity contribution in [1.82, 2.24) is 9.97 Å². The molecule has 20 heavy (non-hydrogen) atoms. The number of rotatable bonds is 4. The number of anilines is 2. The molecule has 1 heterocycles. The first kappa shape index (κ1) is 13.1. The minimum Gasteiger partial charge on any atom is -0.396 e. The highest BCUT2D eigenvalue weighted by Crippen LogP contribution is 2.37. The van der Waals surface area contributed by atoms with E-state index in [2.05, 4.69) is 15.3 Å². The molecule has 0 spiro atoms. The summed E-state index contributed by atoms with van der Waals surface area (Å²) in [6.07, 6.45) is 4.47. The van der Waals surface area contributed by atoms with Gasteiger partial charge in [0.1, 0.15) is 0 Å². The number of hydrogen-bond acceptors (Lipinski definition) is 5. The summed E-state index contributed by atoms with van der Waals surface area (Å²) in [5.41, 5.74) is 7.56. The molecule has 2 aromatic rings. The zero-order valence-electron chi connectivity index (χ0n) is 11.5. The van der Waals surface area contributed by atoms with Gasteiger partial charge in [-0.05, 0) is 25.0 Å². The highest BCUT2D eigenvalue weighted by atomic mass is 16.3. The molecule has 1 aromatic heterocycles. The Bertz CT molecular complexity index is 608. The third-order valence-electron chi connectivity index (χ3n) is 4.23. The van der Waals surface area contributed by atoms with Crippen molar-refractivity contribution in [3.05, 3.63) is 24.3 Å². The number of nitrogen functional groups attached to an aromatic ring is 1. The first-order valence-corrected chi connectivity index (χ1v) is 7.09. The maximum Gasteiger partial charge on any atom is 0.169 e. The van der Waals surface area contributed by atoms with Gasteiger partial charge < -0.3 is 16.2 Å². The van der Waals surface area contributed by atoms with Crippen molar-refractivity contribution in [3.63, 3.8) is 0 Å². The van der Waals surface area contributed by atoms with E-state index >= 15 is 0 Å². The van der Waals surface area contributed by atoms with Crippen LogP contribution in [0.4, 0.5) is 11.6 Å². The van der Waals surface area contributed by atoms with E-state index in [1.54, 1.807) is 0 Å². The SMILES string of the molecule is Nc1nc2ccccc2nc1NCC1(CO)CCCC1. The number of benzene rings is 1. The monoisotopic (exact) mass is 272 g/mol. The van der Waals surface area contributed by atoms with Crippen molar-refractivity contribution < 1.29 is 5.11 Å². The van der Waals surface area contributed by atoms with Crippen LogP contribution in [0, 0.1) is 5.41 Å². The lowest BCUT2D eigenvalue weighted by molar-refractivity contribution is 0.142. The molecule has 1 aliphatic rings. The molecule has 1 fully saturated rings. The van der Waals surface area contributed by atoms with Gasteiger partial charge in [-0.3, -0.25) is 0 Å². The molecule has 5 nitrogen and oxygen atoms in total. The summed E-state index contributed by atoms with van der Waals surface area (Å²) in [6, 6.07) is 7.67. The van der Waals surface area contributed by atoms with E-state index in [4.69, 9.17) is 5.73 Å². The number of aromatic nitrogens is 2. The van der Waals surface area contributed by atoms with E-state index in [1.165, 1.54) is 12.8 Å². The molecular formula is C15H20N4O. The summed E-state index contributed by atoms with van der Waals surface area (Å²) < 4.78 is 0. The minimum absolute atomic E-state index is 0.0280. The van der Waals surface area contributed by atoms with Gasteiger partial charge >= 0.3 is 0 Å². The van der Waals surface area contributed by atoms with E-state index in [-0.39, 0.29) is 12.0 Å². The third kappa shape index (κ3) is 2.41. The number of aliphatic hydroxyl groups is 1. The van der Waals surface area contributed by atoms with Crippen LogP contribution in [0.25, 0.3) is 11.0 Å². The maximum atomic E-state index is 9.63. The molecule has 0 unspecified atom stereocenters. The van der Waals surface area contributed by atoms with Crippen molar-refractivity contribution in [2.24, 2.45) is 5.41 Å². The second kappa shape index (κ2) is 5.25. The van der Waals surface area contributed by atoms with Crippen LogP contribution < -0.4 is 11.1 Å². The molecule has 0 bridgehead atoms. The Hall–Kier alpha value is -1.88. The van der Waals surface area contributed by atoms with Crippen LogP contribution in [0.1, 0.15) is 25.7 Å². The second-order valence-electron chi connectivity index (χ2n) is 5.66. The molecule has 3 rings (SSSR count). The number of aliphatic hydroxyl groups excluding tert-OH is 1. The van der Waals surface area contributed by atoms with Gasteiger partial charge in [-0.15, -0.1) is 0 Å². The number of nitrogens with one attached hydrogen (secondary N) is 1. The molecule has 1 aliphatic carbocycles. The van der Waals surface area contributed by atoms with Gasteiger partial charge in [0.05, 0.1) is 17.6 Å². The summed E-state index contributed by atoms with van der Waals surface area (Å²) in [7, 11) is 0. The van der Waals surface area contributed by atoms with E-state index in [9.17, 15) is 5.11 Å². The lowest BCUT2D eigenvalue weighted by Crippen LogP contribution is -2.31. The molecule has 1 aromatic carbocycles. The van der Waals surface area contributed by atoms with Crippen LogP contribution >= 0.6 is 0 Å². The van der Waals surface area contributed by atoms with E-state index in [0.717, 1.165) is 23.9 Å². The van der Waals surface area contributed by atoms with E-state index < -0.39 is 0 Å². The van der Waals surface area contributed by atoms with Crippen LogP contribution in [0.15, 0.2) is 24.3 Å². The highest BCUT2D eigenvalue weighted by molar-refractivity contribution is 5.79. The Morgan fingerprint density at radius 3 is 2.45 bits per heavy atom. The van der Waals surface area contributed by atoms with Gasteiger partial charge in [0, 0.05) is 12.0 Å². The van der Waals surface area contributed by atoms with Crippen molar-refractivity contribution >= 4 is 22.7 Å². The smallest absolute Gasteiger partial charge is 0.169 e. The van der Waals surface area contributed by atoms with Crippen LogP contribution in [0.2, 0.25) is 0 Å². The fourth-order valence-corrected chi connectivity index (χ4v) is 2.93.